The Morgan fingerprint density at radius 1 is 1.21 bits per heavy atom. The van der Waals surface area contributed by atoms with Crippen LogP contribution in [-0.2, 0) is 0 Å². The summed E-state index contributed by atoms with van der Waals surface area (Å²) in [5, 5.41) is 12.7. The van der Waals surface area contributed by atoms with Crippen LogP contribution in [0, 0.1) is 0 Å². The zero-order valence-electron chi connectivity index (χ0n) is 9.93. The summed E-state index contributed by atoms with van der Waals surface area (Å²) in [5.41, 5.74) is 0.631. The van der Waals surface area contributed by atoms with Gasteiger partial charge in [-0.05, 0) is 0 Å². The van der Waals surface area contributed by atoms with Crippen LogP contribution in [0.3, 0.4) is 0 Å². The Kier molecular flexibility index (Phi) is 3.57. The summed E-state index contributed by atoms with van der Waals surface area (Å²) >= 11 is 0. The molecule has 2 unspecified atom stereocenters. The van der Waals surface area contributed by atoms with E-state index in [1.54, 1.807) is 30.3 Å². The maximum absolute atomic E-state index is 12.4. The molecule has 0 fully saturated rings. The third kappa shape index (κ3) is 2.93. The molecule has 0 aliphatic heterocycles. The van der Waals surface area contributed by atoms with Crippen molar-refractivity contribution in [1.29, 1.82) is 0 Å². The van der Waals surface area contributed by atoms with Crippen molar-refractivity contribution in [3.05, 3.63) is 36.2 Å². The predicted octanol–water partition coefficient (Wildman–Crippen LogP) is 2.76. The quantitative estimate of drug-likeness (QED) is 0.933. The van der Waals surface area contributed by atoms with E-state index in [2.05, 4.69) is 10.1 Å². The molecule has 0 saturated heterocycles. The van der Waals surface area contributed by atoms with Crippen LogP contribution in [-0.4, -0.2) is 27.5 Å². The van der Waals surface area contributed by atoms with Crippen molar-refractivity contribution >= 4 is 0 Å². The molecule has 102 valence electrons. The molecule has 0 radical (unpaired) electrons. The van der Waals surface area contributed by atoms with E-state index in [-0.39, 0.29) is 11.7 Å². The minimum atomic E-state index is -4.72. The van der Waals surface area contributed by atoms with Crippen LogP contribution < -0.4 is 0 Å². The van der Waals surface area contributed by atoms with Crippen LogP contribution in [0.25, 0.3) is 11.4 Å². The van der Waals surface area contributed by atoms with Gasteiger partial charge in [0.1, 0.15) is 0 Å². The summed E-state index contributed by atoms with van der Waals surface area (Å²) in [6.45, 7) is 1.18. The molecule has 0 aliphatic rings. The molecule has 0 spiro atoms. The predicted molar refractivity (Wildman–Crippen MR) is 60.2 cm³/mol. The van der Waals surface area contributed by atoms with Crippen LogP contribution in [0.2, 0.25) is 0 Å². The number of benzene rings is 1. The highest BCUT2D eigenvalue weighted by atomic mass is 19.4. The van der Waals surface area contributed by atoms with Crippen molar-refractivity contribution in [3.8, 4) is 11.4 Å². The van der Waals surface area contributed by atoms with E-state index in [0.717, 1.165) is 0 Å². The van der Waals surface area contributed by atoms with Gasteiger partial charge in [0, 0.05) is 5.56 Å². The van der Waals surface area contributed by atoms with Gasteiger partial charge in [-0.3, -0.25) is 0 Å². The first-order valence-electron chi connectivity index (χ1n) is 5.53. The van der Waals surface area contributed by atoms with Crippen LogP contribution in [0.1, 0.15) is 18.7 Å². The van der Waals surface area contributed by atoms with Gasteiger partial charge in [0.2, 0.25) is 11.7 Å². The Balaban J connectivity index is 2.22. The van der Waals surface area contributed by atoms with Crippen molar-refractivity contribution < 1.29 is 22.8 Å². The van der Waals surface area contributed by atoms with Gasteiger partial charge in [0.25, 0.3) is 0 Å². The van der Waals surface area contributed by atoms with Gasteiger partial charge < -0.3 is 9.63 Å². The fourth-order valence-electron chi connectivity index (χ4n) is 1.54. The van der Waals surface area contributed by atoms with Crippen LogP contribution in [0.5, 0.6) is 0 Å². The first-order valence-corrected chi connectivity index (χ1v) is 5.53. The van der Waals surface area contributed by atoms with Crippen LogP contribution in [0.15, 0.2) is 34.9 Å². The van der Waals surface area contributed by atoms with Gasteiger partial charge in [0.05, 0.1) is 5.92 Å². The number of hydrogen-bond acceptors (Lipinski definition) is 4. The Hall–Kier alpha value is -1.89. The van der Waals surface area contributed by atoms with Gasteiger partial charge in [-0.1, -0.05) is 42.4 Å². The Bertz CT molecular complexity index is 539. The first-order chi connectivity index (χ1) is 8.89. The second-order valence-corrected chi connectivity index (χ2v) is 4.10. The molecule has 19 heavy (non-hydrogen) atoms. The highest BCUT2D eigenvalue weighted by molar-refractivity contribution is 5.53. The summed E-state index contributed by atoms with van der Waals surface area (Å²) in [5.74, 6) is -1.37. The molecule has 2 atom stereocenters. The SMILES string of the molecule is CC(c1nc(-c2ccccc2)no1)C(O)C(F)(F)F. The van der Waals surface area contributed by atoms with Crippen molar-refractivity contribution in [2.24, 2.45) is 0 Å². The largest absolute Gasteiger partial charge is 0.415 e. The molecule has 0 amide bonds. The van der Waals surface area contributed by atoms with Gasteiger partial charge in [-0.25, -0.2) is 0 Å². The molecule has 1 aromatic carbocycles. The lowest BCUT2D eigenvalue weighted by Gasteiger charge is -2.17. The summed E-state index contributed by atoms with van der Waals surface area (Å²) in [4.78, 5) is 3.88. The summed E-state index contributed by atoms with van der Waals surface area (Å²) in [6, 6.07) is 8.71. The average Bonchev–Trinajstić information content (AvgIpc) is 2.86. The lowest BCUT2D eigenvalue weighted by molar-refractivity contribution is -0.210. The number of aliphatic hydroxyl groups excluding tert-OH is 1. The Labute approximate surface area is 106 Å². The van der Waals surface area contributed by atoms with E-state index in [9.17, 15) is 13.2 Å². The van der Waals surface area contributed by atoms with E-state index >= 15 is 0 Å². The summed E-state index contributed by atoms with van der Waals surface area (Å²) in [7, 11) is 0. The second kappa shape index (κ2) is 5.00. The summed E-state index contributed by atoms with van der Waals surface area (Å²) in [6.07, 6.45) is -7.25. The van der Waals surface area contributed by atoms with E-state index in [0.29, 0.717) is 5.56 Å². The monoisotopic (exact) mass is 272 g/mol. The number of aliphatic hydroxyl groups is 1. The zero-order chi connectivity index (χ0) is 14.0. The molecule has 1 heterocycles. The van der Waals surface area contributed by atoms with Crippen LogP contribution in [0.4, 0.5) is 13.2 Å². The minimum Gasteiger partial charge on any atom is -0.383 e. The van der Waals surface area contributed by atoms with E-state index in [1.807, 2.05) is 0 Å². The second-order valence-electron chi connectivity index (χ2n) is 4.10. The van der Waals surface area contributed by atoms with Crippen molar-refractivity contribution in [3.63, 3.8) is 0 Å². The molecule has 0 bridgehead atoms. The number of rotatable bonds is 3. The van der Waals surface area contributed by atoms with Gasteiger partial charge in [-0.15, -0.1) is 0 Å². The number of hydrogen-bond donors (Lipinski definition) is 1. The number of halogens is 3. The summed E-state index contributed by atoms with van der Waals surface area (Å²) < 4.78 is 41.9. The number of alkyl halides is 3. The van der Waals surface area contributed by atoms with Crippen molar-refractivity contribution in [2.75, 3.05) is 0 Å². The van der Waals surface area contributed by atoms with E-state index in [4.69, 9.17) is 9.63 Å². The maximum atomic E-state index is 12.4. The molecule has 0 aliphatic carbocycles. The van der Waals surface area contributed by atoms with Crippen molar-refractivity contribution in [2.45, 2.75) is 25.1 Å². The van der Waals surface area contributed by atoms with Crippen molar-refractivity contribution in [1.82, 2.24) is 10.1 Å². The average molecular weight is 272 g/mol. The first kappa shape index (κ1) is 13.5. The molecule has 2 rings (SSSR count). The molecule has 1 aromatic heterocycles. The van der Waals surface area contributed by atoms with E-state index in [1.165, 1.54) is 6.92 Å². The molecule has 2 aromatic rings. The fraction of sp³-hybridized carbons (Fsp3) is 0.333. The highest BCUT2D eigenvalue weighted by Crippen LogP contribution is 2.31. The highest BCUT2D eigenvalue weighted by Gasteiger charge is 2.44. The number of nitrogens with zero attached hydrogens (tertiary/aromatic N) is 2. The lowest BCUT2D eigenvalue weighted by atomic mass is 10.0. The lowest BCUT2D eigenvalue weighted by Crippen LogP contribution is -2.33. The maximum Gasteiger partial charge on any atom is 0.415 e. The molecule has 7 heteroatoms. The topological polar surface area (TPSA) is 59.2 Å². The molecule has 4 nitrogen and oxygen atoms in total. The smallest absolute Gasteiger partial charge is 0.383 e. The van der Waals surface area contributed by atoms with Crippen LogP contribution >= 0.6 is 0 Å². The molecular formula is C12H11F3N2O2. The zero-order valence-corrected chi connectivity index (χ0v) is 9.93. The molecule has 0 saturated carbocycles. The third-order valence-corrected chi connectivity index (χ3v) is 2.67. The Morgan fingerprint density at radius 2 is 1.84 bits per heavy atom. The standard InChI is InChI=1S/C12H11F3N2O2/c1-7(9(18)12(13,14)15)11-16-10(17-19-11)8-5-3-2-4-6-8/h2-7,9,18H,1H3. The van der Waals surface area contributed by atoms with E-state index < -0.39 is 18.2 Å². The number of aromatic nitrogens is 2. The molecular weight excluding hydrogens is 261 g/mol. The minimum absolute atomic E-state index is 0.192. The normalized spacial score (nSPS) is 15.2. The molecule has 1 N–H and O–H groups in total. The third-order valence-electron chi connectivity index (χ3n) is 2.67. The Morgan fingerprint density at radius 3 is 2.42 bits per heavy atom. The fourth-order valence-corrected chi connectivity index (χ4v) is 1.54. The van der Waals surface area contributed by atoms with Gasteiger partial charge >= 0.3 is 6.18 Å². The van der Waals surface area contributed by atoms with Gasteiger partial charge in [-0.2, -0.15) is 18.2 Å². The van der Waals surface area contributed by atoms with Gasteiger partial charge in [0.15, 0.2) is 6.10 Å².